The SMILES string of the molecule is O=C(NCC(c1ccccc1)N1CCOCC1)c1cc2ccccc2[nH]1. The molecule has 1 aliphatic heterocycles. The van der Waals surface area contributed by atoms with Crippen molar-refractivity contribution in [3.63, 3.8) is 0 Å². The second-order valence-corrected chi connectivity index (χ2v) is 6.56. The number of benzene rings is 2. The molecule has 2 aromatic carbocycles. The molecule has 2 heterocycles. The van der Waals surface area contributed by atoms with Crippen LogP contribution in [0.5, 0.6) is 0 Å². The number of fused-ring (bicyclic) bond motifs is 1. The van der Waals surface area contributed by atoms with Gasteiger partial charge in [0.2, 0.25) is 0 Å². The highest BCUT2D eigenvalue weighted by Gasteiger charge is 2.23. The molecule has 1 fully saturated rings. The van der Waals surface area contributed by atoms with Crippen molar-refractivity contribution < 1.29 is 9.53 Å². The summed E-state index contributed by atoms with van der Waals surface area (Å²) < 4.78 is 5.48. The Bertz CT molecular complexity index is 836. The van der Waals surface area contributed by atoms with E-state index in [-0.39, 0.29) is 11.9 Å². The Balaban J connectivity index is 1.49. The molecule has 1 aliphatic rings. The van der Waals surface area contributed by atoms with Crippen LogP contribution in [0.4, 0.5) is 0 Å². The molecule has 4 rings (SSSR count). The zero-order chi connectivity index (χ0) is 17.8. The fourth-order valence-electron chi connectivity index (χ4n) is 3.50. The van der Waals surface area contributed by atoms with Crippen LogP contribution in [-0.4, -0.2) is 48.6 Å². The summed E-state index contributed by atoms with van der Waals surface area (Å²) in [5.74, 6) is -0.0737. The molecule has 2 N–H and O–H groups in total. The van der Waals surface area contributed by atoms with Crippen molar-refractivity contribution in [2.24, 2.45) is 0 Å². The number of H-pyrrole nitrogens is 1. The predicted octanol–water partition coefficient (Wildman–Crippen LogP) is 2.97. The number of aromatic amines is 1. The zero-order valence-corrected chi connectivity index (χ0v) is 14.7. The van der Waals surface area contributed by atoms with Gasteiger partial charge in [-0.05, 0) is 17.7 Å². The van der Waals surface area contributed by atoms with Gasteiger partial charge in [0.05, 0.1) is 19.3 Å². The number of morpholine rings is 1. The maximum absolute atomic E-state index is 12.6. The van der Waals surface area contributed by atoms with Gasteiger partial charge in [-0.1, -0.05) is 48.5 Å². The molecular weight excluding hydrogens is 326 g/mol. The quantitative estimate of drug-likeness (QED) is 0.745. The Labute approximate surface area is 153 Å². The van der Waals surface area contributed by atoms with Crippen LogP contribution in [0, 0.1) is 0 Å². The van der Waals surface area contributed by atoms with Crippen LogP contribution in [-0.2, 0) is 4.74 Å². The monoisotopic (exact) mass is 349 g/mol. The molecule has 1 amide bonds. The first-order valence-electron chi connectivity index (χ1n) is 9.04. The summed E-state index contributed by atoms with van der Waals surface area (Å²) in [6.45, 7) is 3.79. The minimum absolute atomic E-state index is 0.0737. The number of nitrogens with one attached hydrogen (secondary N) is 2. The number of hydrogen-bond donors (Lipinski definition) is 2. The Morgan fingerprint density at radius 1 is 1.08 bits per heavy atom. The Morgan fingerprint density at radius 2 is 1.81 bits per heavy atom. The van der Waals surface area contributed by atoms with E-state index < -0.39 is 0 Å². The molecule has 1 saturated heterocycles. The minimum atomic E-state index is -0.0737. The highest BCUT2D eigenvalue weighted by atomic mass is 16.5. The number of nitrogens with zero attached hydrogens (tertiary/aromatic N) is 1. The third kappa shape index (κ3) is 3.64. The number of amides is 1. The lowest BCUT2D eigenvalue weighted by atomic mass is 10.0. The van der Waals surface area contributed by atoms with Crippen molar-refractivity contribution in [3.05, 3.63) is 71.9 Å². The van der Waals surface area contributed by atoms with E-state index in [4.69, 9.17) is 4.74 Å². The van der Waals surface area contributed by atoms with Crippen molar-refractivity contribution in [1.82, 2.24) is 15.2 Å². The first-order valence-corrected chi connectivity index (χ1v) is 9.04. The van der Waals surface area contributed by atoms with Crippen molar-refractivity contribution >= 4 is 16.8 Å². The number of ether oxygens (including phenoxy) is 1. The fourth-order valence-corrected chi connectivity index (χ4v) is 3.50. The van der Waals surface area contributed by atoms with Gasteiger partial charge in [-0.15, -0.1) is 0 Å². The molecule has 5 nitrogen and oxygen atoms in total. The standard InChI is InChI=1S/C21H23N3O2/c25-21(19-14-17-8-4-5-9-18(17)23-19)22-15-20(16-6-2-1-3-7-16)24-10-12-26-13-11-24/h1-9,14,20,23H,10-13,15H2,(H,22,25). The Hall–Kier alpha value is -2.63. The summed E-state index contributed by atoms with van der Waals surface area (Å²) in [5, 5.41) is 4.15. The van der Waals surface area contributed by atoms with E-state index in [1.165, 1.54) is 5.56 Å². The molecule has 1 atom stereocenters. The van der Waals surface area contributed by atoms with Crippen LogP contribution in [0.3, 0.4) is 0 Å². The Kier molecular flexibility index (Phi) is 5.00. The first kappa shape index (κ1) is 16.8. The number of aromatic nitrogens is 1. The summed E-state index contributed by atoms with van der Waals surface area (Å²) in [6.07, 6.45) is 0. The zero-order valence-electron chi connectivity index (χ0n) is 14.7. The van der Waals surface area contributed by atoms with Crippen molar-refractivity contribution in [2.45, 2.75) is 6.04 Å². The van der Waals surface area contributed by atoms with Gasteiger partial charge >= 0.3 is 0 Å². The number of para-hydroxylation sites is 1. The highest BCUT2D eigenvalue weighted by Crippen LogP contribution is 2.21. The van der Waals surface area contributed by atoms with E-state index in [9.17, 15) is 4.79 Å². The molecule has 0 bridgehead atoms. The molecule has 0 radical (unpaired) electrons. The van der Waals surface area contributed by atoms with Crippen molar-refractivity contribution in [2.75, 3.05) is 32.8 Å². The molecule has 0 saturated carbocycles. The van der Waals surface area contributed by atoms with E-state index >= 15 is 0 Å². The maximum atomic E-state index is 12.6. The van der Waals surface area contributed by atoms with Crippen LogP contribution in [0.2, 0.25) is 0 Å². The number of hydrogen-bond acceptors (Lipinski definition) is 3. The summed E-state index contributed by atoms with van der Waals surface area (Å²) in [5.41, 5.74) is 2.79. The lowest BCUT2D eigenvalue weighted by Crippen LogP contribution is -2.43. The highest BCUT2D eigenvalue weighted by molar-refractivity contribution is 5.97. The largest absolute Gasteiger partial charge is 0.379 e. The van der Waals surface area contributed by atoms with Crippen LogP contribution in [0.1, 0.15) is 22.1 Å². The van der Waals surface area contributed by atoms with E-state index in [1.807, 2.05) is 48.5 Å². The van der Waals surface area contributed by atoms with Gasteiger partial charge in [-0.2, -0.15) is 0 Å². The van der Waals surface area contributed by atoms with Gasteiger partial charge in [-0.3, -0.25) is 9.69 Å². The second-order valence-electron chi connectivity index (χ2n) is 6.56. The summed E-state index contributed by atoms with van der Waals surface area (Å²) >= 11 is 0. The van der Waals surface area contributed by atoms with Crippen LogP contribution in [0.15, 0.2) is 60.7 Å². The van der Waals surface area contributed by atoms with E-state index in [1.54, 1.807) is 0 Å². The number of rotatable bonds is 5. The lowest BCUT2D eigenvalue weighted by molar-refractivity contribution is 0.0162. The van der Waals surface area contributed by atoms with E-state index in [0.717, 1.165) is 37.2 Å². The smallest absolute Gasteiger partial charge is 0.267 e. The number of carbonyl (C=O) groups is 1. The van der Waals surface area contributed by atoms with Gasteiger partial charge in [0.1, 0.15) is 5.69 Å². The molecule has 134 valence electrons. The topological polar surface area (TPSA) is 57.4 Å². The van der Waals surface area contributed by atoms with Crippen LogP contribution >= 0.6 is 0 Å². The normalized spacial score (nSPS) is 16.5. The van der Waals surface area contributed by atoms with Crippen LogP contribution in [0.25, 0.3) is 10.9 Å². The average molecular weight is 349 g/mol. The summed E-state index contributed by atoms with van der Waals surface area (Å²) in [7, 11) is 0. The van der Waals surface area contributed by atoms with Crippen molar-refractivity contribution in [1.29, 1.82) is 0 Å². The molecule has 0 spiro atoms. The molecule has 5 heteroatoms. The van der Waals surface area contributed by atoms with Crippen molar-refractivity contribution in [3.8, 4) is 0 Å². The van der Waals surface area contributed by atoms with Gasteiger partial charge in [0, 0.05) is 30.5 Å². The third-order valence-corrected chi connectivity index (χ3v) is 4.90. The van der Waals surface area contributed by atoms with Gasteiger partial charge < -0.3 is 15.0 Å². The molecule has 26 heavy (non-hydrogen) atoms. The maximum Gasteiger partial charge on any atom is 0.267 e. The van der Waals surface area contributed by atoms with Gasteiger partial charge in [-0.25, -0.2) is 0 Å². The third-order valence-electron chi connectivity index (χ3n) is 4.90. The lowest BCUT2D eigenvalue weighted by Gasteiger charge is -2.34. The minimum Gasteiger partial charge on any atom is -0.379 e. The van der Waals surface area contributed by atoms with Crippen LogP contribution < -0.4 is 5.32 Å². The first-order chi connectivity index (χ1) is 12.8. The summed E-state index contributed by atoms with van der Waals surface area (Å²) in [4.78, 5) is 18.2. The molecule has 0 aliphatic carbocycles. The van der Waals surface area contributed by atoms with E-state index in [2.05, 4.69) is 27.3 Å². The number of carbonyl (C=O) groups excluding carboxylic acids is 1. The Morgan fingerprint density at radius 3 is 2.58 bits per heavy atom. The molecule has 1 aromatic heterocycles. The van der Waals surface area contributed by atoms with Gasteiger partial charge in [0.25, 0.3) is 5.91 Å². The molecular formula is C21H23N3O2. The average Bonchev–Trinajstić information content (AvgIpc) is 3.14. The second kappa shape index (κ2) is 7.72. The summed E-state index contributed by atoms with van der Waals surface area (Å²) in [6, 6.07) is 20.3. The van der Waals surface area contributed by atoms with Gasteiger partial charge in [0.15, 0.2) is 0 Å². The molecule has 1 unspecified atom stereocenters. The van der Waals surface area contributed by atoms with E-state index in [0.29, 0.717) is 12.2 Å². The predicted molar refractivity (Wildman–Crippen MR) is 102 cm³/mol. The fraction of sp³-hybridized carbons (Fsp3) is 0.286. The molecule has 3 aromatic rings.